The molecule has 0 atom stereocenters. The molecule has 0 unspecified atom stereocenters. The molecule has 106 valence electrons. The molecular weight excluding hydrogens is 321 g/mol. The van der Waals surface area contributed by atoms with Crippen molar-refractivity contribution < 1.29 is 59.1 Å². The maximum Gasteiger partial charge on any atom is 2.00 e. The Kier molecular flexibility index (Phi) is 23.2. The SMILES string of the molecule is CC(C)(C)CCCCCC(=O)[O-].[Mn+2].[Mn+2].[O-]B([O-])[O-]. The second-order valence-electron chi connectivity index (χ2n) is 4.78. The summed E-state index contributed by atoms with van der Waals surface area (Å²) >= 11 is 0. The van der Waals surface area contributed by atoms with E-state index in [0.29, 0.717) is 5.41 Å². The van der Waals surface area contributed by atoms with Crippen LogP contribution >= 0.6 is 0 Å². The van der Waals surface area contributed by atoms with E-state index in [2.05, 4.69) is 20.8 Å². The Morgan fingerprint density at radius 2 is 1.39 bits per heavy atom. The van der Waals surface area contributed by atoms with Gasteiger partial charge in [0, 0.05) is 5.97 Å². The van der Waals surface area contributed by atoms with Crippen LogP contribution in [0.4, 0.5) is 0 Å². The summed E-state index contributed by atoms with van der Waals surface area (Å²) in [5.74, 6) is -0.925. The van der Waals surface area contributed by atoms with Crippen LogP contribution in [0.3, 0.4) is 0 Å². The van der Waals surface area contributed by atoms with Gasteiger partial charge in [0.25, 0.3) is 0 Å². The standard InChI is InChI=1S/C10H20O2.BO3.2Mn/c1-10(2,3)8-6-4-5-7-9(11)12;2-1(3)4;;/h4-8H2,1-3H3,(H,11,12);;;/q;-3;2*+2/p-1. The molecule has 0 rings (SSSR count). The first-order valence-corrected chi connectivity index (χ1v) is 5.32. The molecule has 0 amide bonds. The van der Waals surface area contributed by atoms with Crippen molar-refractivity contribution in [2.45, 2.75) is 52.9 Å². The molecule has 0 spiro atoms. The molecule has 0 aromatic heterocycles. The molecule has 0 saturated carbocycles. The summed E-state index contributed by atoms with van der Waals surface area (Å²) in [6, 6.07) is 0. The summed E-state index contributed by atoms with van der Waals surface area (Å²) < 4.78 is 0. The van der Waals surface area contributed by atoms with Crippen LogP contribution in [0, 0.1) is 5.41 Å². The van der Waals surface area contributed by atoms with Gasteiger partial charge < -0.3 is 25.0 Å². The quantitative estimate of drug-likeness (QED) is 0.416. The zero-order chi connectivity index (χ0) is 13.2. The number of hydrogen-bond donors (Lipinski definition) is 0. The Labute approximate surface area is 130 Å². The van der Waals surface area contributed by atoms with Crippen LogP contribution in [0.1, 0.15) is 52.9 Å². The molecule has 0 N–H and O–H groups in total. The van der Waals surface area contributed by atoms with E-state index < -0.39 is 13.3 Å². The van der Waals surface area contributed by atoms with Crippen molar-refractivity contribution in [1.82, 2.24) is 0 Å². The van der Waals surface area contributed by atoms with Gasteiger partial charge in [0.1, 0.15) is 0 Å². The van der Waals surface area contributed by atoms with E-state index in [0.717, 1.165) is 19.3 Å². The fourth-order valence-corrected chi connectivity index (χ4v) is 1.10. The number of carboxylic acid groups (broad SMARTS) is 1. The van der Waals surface area contributed by atoms with Gasteiger partial charge >= 0.3 is 34.1 Å². The molecule has 0 aliphatic heterocycles. The summed E-state index contributed by atoms with van der Waals surface area (Å²) in [6.07, 6.45) is 4.27. The molecule has 0 bridgehead atoms. The van der Waals surface area contributed by atoms with Gasteiger partial charge in [-0.15, -0.1) is 0 Å². The Morgan fingerprint density at radius 3 is 1.67 bits per heavy atom. The van der Waals surface area contributed by atoms with Crippen LogP contribution in [0.2, 0.25) is 0 Å². The molecule has 0 heterocycles. The largest absolute Gasteiger partial charge is 2.00 e. The third-order valence-electron chi connectivity index (χ3n) is 1.81. The van der Waals surface area contributed by atoms with Crippen LogP contribution in [0.15, 0.2) is 0 Å². The topological polar surface area (TPSA) is 109 Å². The molecule has 0 saturated heterocycles. The number of carbonyl (C=O) groups excluding carboxylic acids is 1. The Morgan fingerprint density at radius 1 is 1.00 bits per heavy atom. The van der Waals surface area contributed by atoms with Gasteiger partial charge in [-0.3, -0.25) is 7.32 Å². The maximum atomic E-state index is 10.0. The predicted molar refractivity (Wildman–Crippen MR) is 53.3 cm³/mol. The van der Waals surface area contributed by atoms with E-state index in [1.165, 1.54) is 6.42 Å². The average Bonchev–Trinajstić information content (AvgIpc) is 1.99. The zero-order valence-corrected chi connectivity index (χ0v) is 13.3. The first-order valence-electron chi connectivity index (χ1n) is 5.32. The van der Waals surface area contributed by atoms with Crippen molar-refractivity contribution in [3.05, 3.63) is 0 Å². The molecule has 18 heavy (non-hydrogen) atoms. The first-order chi connectivity index (χ1) is 7.15. The molecule has 2 radical (unpaired) electrons. The summed E-state index contributed by atoms with van der Waals surface area (Å²) in [5.41, 5.74) is 0.376. The molecule has 0 aliphatic carbocycles. The van der Waals surface area contributed by atoms with Crippen molar-refractivity contribution in [2.75, 3.05) is 0 Å². The van der Waals surface area contributed by atoms with E-state index in [-0.39, 0.29) is 40.6 Å². The summed E-state index contributed by atoms with van der Waals surface area (Å²) in [5, 5.41) is 35.3. The van der Waals surface area contributed by atoms with E-state index in [4.69, 9.17) is 15.1 Å². The zero-order valence-electron chi connectivity index (χ0n) is 10.9. The molecular formula is C10H19BMn2O5. The van der Waals surface area contributed by atoms with Crippen LogP contribution in [0.25, 0.3) is 0 Å². The monoisotopic (exact) mass is 340 g/mol. The minimum absolute atomic E-state index is 0. The number of rotatable bonds is 5. The van der Waals surface area contributed by atoms with Crippen molar-refractivity contribution in [3.8, 4) is 0 Å². The van der Waals surface area contributed by atoms with Crippen molar-refractivity contribution in [2.24, 2.45) is 5.41 Å². The fourth-order valence-electron chi connectivity index (χ4n) is 1.10. The molecule has 0 aromatic rings. The Bertz CT molecular complexity index is 183. The van der Waals surface area contributed by atoms with E-state index in [1.807, 2.05) is 0 Å². The maximum absolute atomic E-state index is 10.0. The second-order valence-corrected chi connectivity index (χ2v) is 4.78. The van der Waals surface area contributed by atoms with Gasteiger partial charge in [-0.1, -0.05) is 33.6 Å². The molecule has 8 heteroatoms. The molecule has 0 fully saturated rings. The van der Waals surface area contributed by atoms with Crippen molar-refractivity contribution in [1.29, 1.82) is 0 Å². The summed E-state index contributed by atoms with van der Waals surface area (Å²) in [7, 11) is -2.92. The summed E-state index contributed by atoms with van der Waals surface area (Å²) in [6.45, 7) is 6.60. The normalized spacial score (nSPS) is 9.22. The third-order valence-corrected chi connectivity index (χ3v) is 1.81. The van der Waals surface area contributed by atoms with Crippen LogP contribution in [-0.4, -0.2) is 13.3 Å². The smallest absolute Gasteiger partial charge is 0.907 e. The molecule has 0 aliphatic rings. The van der Waals surface area contributed by atoms with Crippen LogP contribution < -0.4 is 20.2 Å². The fraction of sp³-hybridized carbons (Fsp3) is 0.900. The second kappa shape index (κ2) is 15.5. The minimum atomic E-state index is -2.92. The number of hydrogen-bond acceptors (Lipinski definition) is 5. The van der Waals surface area contributed by atoms with Crippen molar-refractivity contribution in [3.63, 3.8) is 0 Å². The van der Waals surface area contributed by atoms with Gasteiger partial charge in [0.2, 0.25) is 0 Å². The predicted octanol–water partition coefficient (Wildman–Crippen LogP) is -2.22. The molecule has 0 aromatic carbocycles. The summed E-state index contributed by atoms with van der Waals surface area (Å²) in [4.78, 5) is 10.0. The Balaban J connectivity index is -0.000000143. The van der Waals surface area contributed by atoms with Gasteiger partial charge in [-0.05, 0) is 24.7 Å². The van der Waals surface area contributed by atoms with Crippen molar-refractivity contribution >= 4 is 13.3 Å². The van der Waals surface area contributed by atoms with Gasteiger partial charge in [0.15, 0.2) is 0 Å². The van der Waals surface area contributed by atoms with E-state index >= 15 is 0 Å². The van der Waals surface area contributed by atoms with Crippen LogP contribution in [-0.2, 0) is 38.9 Å². The Hall–Kier alpha value is 0.454. The molecule has 5 nitrogen and oxygen atoms in total. The van der Waals surface area contributed by atoms with Gasteiger partial charge in [-0.25, -0.2) is 0 Å². The van der Waals surface area contributed by atoms with E-state index in [1.54, 1.807) is 0 Å². The number of carbonyl (C=O) groups is 1. The van der Waals surface area contributed by atoms with Gasteiger partial charge in [0.05, 0.1) is 0 Å². The number of aliphatic carboxylic acids is 1. The van der Waals surface area contributed by atoms with Crippen LogP contribution in [0.5, 0.6) is 0 Å². The van der Waals surface area contributed by atoms with Gasteiger partial charge in [-0.2, -0.15) is 0 Å². The average molecular weight is 340 g/mol. The number of unbranched alkanes of at least 4 members (excludes halogenated alkanes) is 2. The third kappa shape index (κ3) is 44.0. The van der Waals surface area contributed by atoms with E-state index in [9.17, 15) is 9.90 Å². The first kappa shape index (κ1) is 26.9. The number of carboxylic acids is 1. The minimum Gasteiger partial charge on any atom is -0.907 e.